The zero-order valence-electron chi connectivity index (χ0n) is 26.1. The van der Waals surface area contributed by atoms with Crippen molar-refractivity contribution in [2.75, 3.05) is 37.7 Å². The predicted molar refractivity (Wildman–Crippen MR) is 174 cm³/mol. The second kappa shape index (κ2) is 12.2. The van der Waals surface area contributed by atoms with Gasteiger partial charge in [0.25, 0.3) is 0 Å². The largest absolute Gasteiger partial charge is 0.463 e. The number of nitrogens with zero attached hydrogens (tertiary/aromatic N) is 4. The van der Waals surface area contributed by atoms with Gasteiger partial charge in [-0.15, -0.1) is 0 Å². The number of aryl methyl sites for hydroxylation is 2. The van der Waals surface area contributed by atoms with E-state index >= 15 is 8.78 Å². The highest BCUT2D eigenvalue weighted by Gasteiger charge is 2.34. The average Bonchev–Trinajstić information content (AvgIpc) is 3.36. The van der Waals surface area contributed by atoms with Crippen molar-refractivity contribution >= 4 is 27.5 Å². The van der Waals surface area contributed by atoms with E-state index in [4.69, 9.17) is 9.72 Å². The number of ether oxygens (including phenoxy) is 1. The predicted octanol–water partition coefficient (Wildman–Crippen LogP) is 7.18. The maximum atomic E-state index is 16.9. The molecular weight excluding hydrogens is 556 g/mol. The van der Waals surface area contributed by atoms with Gasteiger partial charge in [0.2, 0.25) is 0 Å². The van der Waals surface area contributed by atoms with Crippen LogP contribution in [0.15, 0.2) is 36.4 Å². The van der Waals surface area contributed by atoms with Crippen LogP contribution < -0.4 is 15.0 Å². The molecule has 3 aliphatic heterocycles. The lowest BCUT2D eigenvalue weighted by Crippen LogP contribution is -2.51. The monoisotopic (exact) mass is 599 g/mol. The van der Waals surface area contributed by atoms with Crippen LogP contribution in [0.2, 0.25) is 0 Å². The van der Waals surface area contributed by atoms with Crippen molar-refractivity contribution < 1.29 is 13.5 Å². The van der Waals surface area contributed by atoms with Crippen LogP contribution in [0.3, 0.4) is 0 Å². The van der Waals surface area contributed by atoms with Crippen molar-refractivity contribution in [2.45, 2.75) is 83.8 Å². The lowest BCUT2D eigenvalue weighted by Gasteiger charge is -2.34. The fourth-order valence-corrected chi connectivity index (χ4v) is 7.75. The molecule has 44 heavy (non-hydrogen) atoms. The van der Waals surface area contributed by atoms with Gasteiger partial charge in [0.15, 0.2) is 5.82 Å². The average molecular weight is 600 g/mol. The molecule has 0 saturated carbocycles. The van der Waals surface area contributed by atoms with Crippen molar-refractivity contribution in [3.05, 3.63) is 59.2 Å². The molecule has 8 heteroatoms. The molecule has 0 aliphatic carbocycles. The van der Waals surface area contributed by atoms with Gasteiger partial charge < -0.3 is 19.9 Å². The first kappa shape index (κ1) is 29.4. The summed E-state index contributed by atoms with van der Waals surface area (Å²) < 4.78 is 39.3. The standard InChI is InChI=1S/C36H43F2N5O/c1-4-24-10-7-11-25-17-22(2)18-28(31(24)25)32-30(37)19-29-34(33(32)38)40-36(44-16-8-15-42-14-6-5-9-23(42)3)41-35(29)43-20-26-12-13-27(21-43)39-26/h7,10-11,17-19,23,26-27,39H,4-6,8-9,12-16,20-21H2,1-3H3/t23-,26?,27?/m1/s1. The van der Waals surface area contributed by atoms with Crippen LogP contribution in [0.4, 0.5) is 14.6 Å². The Hall–Kier alpha value is -3.36. The molecule has 7 rings (SSSR count). The number of hydrogen-bond acceptors (Lipinski definition) is 6. The van der Waals surface area contributed by atoms with Crippen LogP contribution in [0, 0.1) is 18.6 Å². The summed E-state index contributed by atoms with van der Waals surface area (Å²) in [5, 5.41) is 5.90. The molecule has 2 bridgehead atoms. The van der Waals surface area contributed by atoms with E-state index in [1.165, 1.54) is 25.3 Å². The molecule has 0 amide bonds. The van der Waals surface area contributed by atoms with Gasteiger partial charge in [-0.2, -0.15) is 9.97 Å². The molecule has 3 saturated heterocycles. The number of rotatable bonds is 8. The zero-order chi connectivity index (χ0) is 30.4. The number of hydrogen-bond donors (Lipinski definition) is 1. The molecular formula is C36H43F2N5O. The number of piperazine rings is 1. The Morgan fingerprint density at radius 3 is 2.61 bits per heavy atom. The highest BCUT2D eigenvalue weighted by atomic mass is 19.1. The molecule has 3 aliphatic rings. The summed E-state index contributed by atoms with van der Waals surface area (Å²) in [6.45, 7) is 10.3. The number of anilines is 1. The van der Waals surface area contributed by atoms with Crippen molar-refractivity contribution in [1.29, 1.82) is 0 Å². The molecule has 3 fully saturated rings. The summed E-state index contributed by atoms with van der Waals surface area (Å²) in [6.07, 6.45) is 7.55. The molecule has 2 unspecified atom stereocenters. The lowest BCUT2D eigenvalue weighted by atomic mass is 9.91. The first-order chi connectivity index (χ1) is 21.4. The van der Waals surface area contributed by atoms with Crippen LogP contribution >= 0.6 is 0 Å². The van der Waals surface area contributed by atoms with Gasteiger partial charge >= 0.3 is 6.01 Å². The maximum absolute atomic E-state index is 16.9. The summed E-state index contributed by atoms with van der Waals surface area (Å²) in [5.41, 5.74) is 2.64. The Kier molecular flexibility index (Phi) is 8.14. The first-order valence-electron chi connectivity index (χ1n) is 16.5. The summed E-state index contributed by atoms with van der Waals surface area (Å²) >= 11 is 0. The molecule has 3 atom stereocenters. The molecule has 232 valence electrons. The number of nitrogens with one attached hydrogen (secondary N) is 1. The minimum Gasteiger partial charge on any atom is -0.463 e. The van der Waals surface area contributed by atoms with E-state index in [1.54, 1.807) is 0 Å². The molecule has 0 radical (unpaired) electrons. The van der Waals surface area contributed by atoms with Crippen molar-refractivity contribution in [3.8, 4) is 17.1 Å². The van der Waals surface area contributed by atoms with Crippen LogP contribution in [0.25, 0.3) is 32.8 Å². The summed E-state index contributed by atoms with van der Waals surface area (Å²) in [4.78, 5) is 14.1. The SMILES string of the molecule is CCc1cccc2cc(C)cc(-c3c(F)cc4c(N5CC6CCC(C5)N6)nc(OCCCN5CCCC[C@H]5C)nc4c3F)c12. The fourth-order valence-electron chi connectivity index (χ4n) is 7.75. The molecule has 3 aromatic carbocycles. The Labute approximate surface area is 258 Å². The third-order valence-electron chi connectivity index (χ3n) is 9.98. The number of fused-ring (bicyclic) bond motifs is 4. The van der Waals surface area contributed by atoms with Crippen molar-refractivity contribution in [2.24, 2.45) is 0 Å². The van der Waals surface area contributed by atoms with Gasteiger partial charge in [0.1, 0.15) is 17.2 Å². The highest BCUT2D eigenvalue weighted by Crippen LogP contribution is 2.40. The molecule has 0 spiro atoms. The number of likely N-dealkylation sites (tertiary alicyclic amines) is 1. The van der Waals surface area contributed by atoms with Crippen molar-refractivity contribution in [3.63, 3.8) is 0 Å². The number of piperidine rings is 1. The zero-order valence-corrected chi connectivity index (χ0v) is 26.1. The van der Waals surface area contributed by atoms with Gasteiger partial charge in [-0.1, -0.05) is 43.7 Å². The van der Waals surface area contributed by atoms with Crippen molar-refractivity contribution in [1.82, 2.24) is 20.2 Å². The second-order valence-electron chi connectivity index (χ2n) is 13.1. The van der Waals surface area contributed by atoms with Crippen LogP contribution in [-0.4, -0.2) is 65.8 Å². The maximum Gasteiger partial charge on any atom is 0.319 e. The number of benzene rings is 3. The van der Waals surface area contributed by atoms with E-state index in [0.717, 1.165) is 73.8 Å². The second-order valence-corrected chi connectivity index (χ2v) is 13.1. The quantitative estimate of drug-likeness (QED) is 0.217. The summed E-state index contributed by atoms with van der Waals surface area (Å²) in [7, 11) is 0. The van der Waals surface area contributed by atoms with E-state index < -0.39 is 11.6 Å². The Morgan fingerprint density at radius 2 is 1.84 bits per heavy atom. The van der Waals surface area contributed by atoms with Crippen LogP contribution in [0.5, 0.6) is 6.01 Å². The van der Waals surface area contributed by atoms with E-state index in [-0.39, 0.29) is 17.1 Å². The van der Waals surface area contributed by atoms with Gasteiger partial charge in [0, 0.05) is 43.1 Å². The lowest BCUT2D eigenvalue weighted by molar-refractivity contribution is 0.147. The fraction of sp³-hybridized carbons (Fsp3) is 0.500. The van der Waals surface area contributed by atoms with Gasteiger partial charge in [-0.25, -0.2) is 8.78 Å². The first-order valence-corrected chi connectivity index (χ1v) is 16.5. The Morgan fingerprint density at radius 1 is 1.02 bits per heavy atom. The third-order valence-corrected chi connectivity index (χ3v) is 9.98. The van der Waals surface area contributed by atoms with Crippen LogP contribution in [0.1, 0.15) is 63.5 Å². The Bertz CT molecular complexity index is 1680. The van der Waals surface area contributed by atoms with E-state index in [1.807, 2.05) is 31.2 Å². The van der Waals surface area contributed by atoms with E-state index in [2.05, 4.69) is 40.0 Å². The molecule has 6 nitrogen and oxygen atoms in total. The summed E-state index contributed by atoms with van der Waals surface area (Å²) in [6, 6.07) is 12.9. The minimum absolute atomic E-state index is 0.0397. The van der Waals surface area contributed by atoms with Gasteiger partial charge in [-0.05, 0) is 92.4 Å². The number of aromatic nitrogens is 2. The van der Waals surface area contributed by atoms with Gasteiger partial charge in [-0.3, -0.25) is 0 Å². The van der Waals surface area contributed by atoms with Gasteiger partial charge in [0.05, 0.1) is 12.2 Å². The molecule has 4 aromatic rings. The molecule has 1 aromatic heterocycles. The van der Waals surface area contributed by atoms with E-state index in [9.17, 15) is 0 Å². The topological polar surface area (TPSA) is 53.5 Å². The number of halogens is 2. The minimum atomic E-state index is -0.661. The smallest absolute Gasteiger partial charge is 0.319 e. The Balaban J connectivity index is 1.30. The molecule has 4 heterocycles. The third kappa shape index (κ3) is 5.51. The summed E-state index contributed by atoms with van der Waals surface area (Å²) in [5.74, 6) is -0.701. The highest BCUT2D eigenvalue weighted by molar-refractivity contribution is 6.02. The normalized spacial score (nSPS) is 22.3. The van der Waals surface area contributed by atoms with Crippen LogP contribution in [-0.2, 0) is 6.42 Å². The molecule has 1 N–H and O–H groups in total. The van der Waals surface area contributed by atoms with E-state index in [0.29, 0.717) is 41.5 Å².